The van der Waals surface area contributed by atoms with Gasteiger partial charge in [-0.15, -0.1) is 0 Å². The number of hydrogen-bond donors (Lipinski definition) is 2. The summed E-state index contributed by atoms with van der Waals surface area (Å²) in [7, 11) is 0. The molecule has 3 heteroatoms. The Balaban J connectivity index is 1.95. The molecule has 0 aliphatic carbocycles. The van der Waals surface area contributed by atoms with Crippen LogP contribution in [0.1, 0.15) is 32.6 Å². The molecule has 1 unspecified atom stereocenters. The van der Waals surface area contributed by atoms with E-state index in [4.69, 9.17) is 0 Å². The molecule has 2 N–H and O–H groups in total. The normalized spacial score (nSPS) is 27.3. The van der Waals surface area contributed by atoms with Crippen molar-refractivity contribution < 1.29 is 0 Å². The standard InChI is InChI=1S/C10H18N2S/c1-2-3-4-9-8-7-13-6-5-10(8)12-11-9/h9,11-12H,2-7H2,1H3. The van der Waals surface area contributed by atoms with E-state index in [1.54, 1.807) is 5.57 Å². The molecule has 0 radical (unpaired) electrons. The molecule has 0 saturated carbocycles. The van der Waals surface area contributed by atoms with E-state index >= 15 is 0 Å². The summed E-state index contributed by atoms with van der Waals surface area (Å²) in [6.45, 7) is 2.26. The summed E-state index contributed by atoms with van der Waals surface area (Å²) in [5.74, 6) is 2.53. The quantitative estimate of drug-likeness (QED) is 0.726. The molecule has 0 spiro atoms. The first-order valence-electron chi connectivity index (χ1n) is 5.23. The minimum absolute atomic E-state index is 0.628. The van der Waals surface area contributed by atoms with E-state index in [2.05, 4.69) is 29.5 Å². The minimum Gasteiger partial charge on any atom is -0.325 e. The molecule has 0 aromatic carbocycles. The van der Waals surface area contributed by atoms with Crippen LogP contribution in [0.5, 0.6) is 0 Å². The second-order valence-corrected chi connectivity index (χ2v) is 4.88. The van der Waals surface area contributed by atoms with Gasteiger partial charge in [0.05, 0.1) is 0 Å². The maximum Gasteiger partial charge on any atom is 0.0498 e. The second kappa shape index (κ2) is 4.38. The second-order valence-electron chi connectivity index (χ2n) is 3.77. The highest BCUT2D eigenvalue weighted by Gasteiger charge is 2.26. The fourth-order valence-electron chi connectivity index (χ4n) is 1.97. The molecule has 0 aromatic rings. The molecular weight excluding hydrogens is 180 g/mol. The molecule has 2 nitrogen and oxygen atoms in total. The van der Waals surface area contributed by atoms with Crippen molar-refractivity contribution in [1.82, 2.24) is 10.9 Å². The van der Waals surface area contributed by atoms with Crippen LogP contribution >= 0.6 is 11.8 Å². The number of hydrogen-bond acceptors (Lipinski definition) is 3. The molecule has 74 valence electrons. The predicted octanol–water partition coefficient (Wildman–Crippen LogP) is 2.04. The fraction of sp³-hybridized carbons (Fsp3) is 0.800. The van der Waals surface area contributed by atoms with E-state index in [0.29, 0.717) is 6.04 Å². The Bertz CT molecular complexity index is 213. The lowest BCUT2D eigenvalue weighted by Gasteiger charge is -2.16. The van der Waals surface area contributed by atoms with Gasteiger partial charge >= 0.3 is 0 Å². The number of hydrazine groups is 1. The van der Waals surface area contributed by atoms with Crippen molar-refractivity contribution in [3.8, 4) is 0 Å². The molecule has 0 saturated heterocycles. The first-order valence-corrected chi connectivity index (χ1v) is 6.38. The van der Waals surface area contributed by atoms with Gasteiger partial charge in [-0.05, 0) is 24.2 Å². The molecule has 2 rings (SSSR count). The minimum atomic E-state index is 0.628. The third kappa shape index (κ3) is 2.02. The number of rotatable bonds is 3. The summed E-state index contributed by atoms with van der Waals surface area (Å²) in [6, 6.07) is 0.628. The Morgan fingerprint density at radius 2 is 2.46 bits per heavy atom. The lowest BCUT2D eigenvalue weighted by molar-refractivity contribution is 0.513. The largest absolute Gasteiger partial charge is 0.325 e. The topological polar surface area (TPSA) is 24.1 Å². The predicted molar refractivity (Wildman–Crippen MR) is 58.6 cm³/mol. The fourth-order valence-corrected chi connectivity index (χ4v) is 3.06. The molecule has 2 aliphatic rings. The van der Waals surface area contributed by atoms with E-state index in [-0.39, 0.29) is 0 Å². The van der Waals surface area contributed by atoms with Crippen LogP contribution in [0, 0.1) is 0 Å². The highest BCUT2D eigenvalue weighted by Crippen LogP contribution is 2.28. The number of unbranched alkanes of at least 4 members (excludes halogenated alkanes) is 1. The van der Waals surface area contributed by atoms with E-state index in [1.807, 2.05) is 0 Å². The van der Waals surface area contributed by atoms with Crippen molar-refractivity contribution in [3.63, 3.8) is 0 Å². The average molecular weight is 198 g/mol. The lowest BCUT2D eigenvalue weighted by atomic mass is 10.0. The van der Waals surface area contributed by atoms with E-state index in [9.17, 15) is 0 Å². The smallest absolute Gasteiger partial charge is 0.0498 e. The third-order valence-electron chi connectivity index (χ3n) is 2.81. The SMILES string of the molecule is CCCCC1NNC2=C1CSCC2. The van der Waals surface area contributed by atoms with Gasteiger partial charge in [-0.1, -0.05) is 19.8 Å². The zero-order valence-electron chi connectivity index (χ0n) is 8.23. The molecule has 0 amide bonds. The molecule has 0 aromatic heterocycles. The molecular formula is C10H18N2S. The Labute approximate surface area is 84.5 Å². The first-order chi connectivity index (χ1) is 6.42. The van der Waals surface area contributed by atoms with Crippen LogP contribution in [-0.2, 0) is 0 Å². The van der Waals surface area contributed by atoms with Crippen molar-refractivity contribution in [1.29, 1.82) is 0 Å². The van der Waals surface area contributed by atoms with Crippen LogP contribution in [0.4, 0.5) is 0 Å². The summed E-state index contributed by atoms with van der Waals surface area (Å²) >= 11 is 2.07. The Kier molecular flexibility index (Phi) is 3.17. The van der Waals surface area contributed by atoms with Gasteiger partial charge in [-0.2, -0.15) is 11.8 Å². The van der Waals surface area contributed by atoms with Crippen LogP contribution in [0.3, 0.4) is 0 Å². The maximum atomic E-state index is 3.40. The first kappa shape index (κ1) is 9.41. The van der Waals surface area contributed by atoms with Gasteiger partial charge in [0.25, 0.3) is 0 Å². The van der Waals surface area contributed by atoms with Crippen LogP contribution in [-0.4, -0.2) is 17.5 Å². The summed E-state index contributed by atoms with van der Waals surface area (Å²) in [5.41, 5.74) is 9.86. The highest BCUT2D eigenvalue weighted by atomic mass is 32.2. The van der Waals surface area contributed by atoms with Gasteiger partial charge in [-0.25, -0.2) is 5.43 Å². The van der Waals surface area contributed by atoms with Gasteiger partial charge in [0.1, 0.15) is 0 Å². The van der Waals surface area contributed by atoms with Crippen molar-refractivity contribution in [3.05, 3.63) is 11.3 Å². The monoisotopic (exact) mass is 198 g/mol. The molecule has 2 heterocycles. The van der Waals surface area contributed by atoms with Gasteiger partial charge in [0.2, 0.25) is 0 Å². The van der Waals surface area contributed by atoms with Crippen molar-refractivity contribution in [2.24, 2.45) is 0 Å². The molecule has 0 fully saturated rings. The van der Waals surface area contributed by atoms with Crippen LogP contribution in [0.25, 0.3) is 0 Å². The third-order valence-corrected chi connectivity index (χ3v) is 3.81. The van der Waals surface area contributed by atoms with Gasteiger partial charge in [-0.3, -0.25) is 0 Å². The van der Waals surface area contributed by atoms with E-state index < -0.39 is 0 Å². The van der Waals surface area contributed by atoms with E-state index in [1.165, 1.54) is 42.9 Å². The Morgan fingerprint density at radius 1 is 1.54 bits per heavy atom. The van der Waals surface area contributed by atoms with Crippen molar-refractivity contribution in [2.45, 2.75) is 38.6 Å². The van der Waals surface area contributed by atoms with Crippen LogP contribution < -0.4 is 10.9 Å². The number of allylic oxidation sites excluding steroid dienone is 1. The zero-order valence-corrected chi connectivity index (χ0v) is 9.04. The number of thioether (sulfide) groups is 1. The van der Waals surface area contributed by atoms with Gasteiger partial charge in [0, 0.05) is 17.5 Å². The zero-order chi connectivity index (χ0) is 9.10. The highest BCUT2D eigenvalue weighted by molar-refractivity contribution is 7.99. The Morgan fingerprint density at radius 3 is 3.31 bits per heavy atom. The van der Waals surface area contributed by atoms with E-state index in [0.717, 1.165) is 0 Å². The van der Waals surface area contributed by atoms with Crippen LogP contribution in [0.2, 0.25) is 0 Å². The summed E-state index contributed by atoms with van der Waals surface area (Å²) in [6.07, 6.45) is 5.16. The summed E-state index contributed by atoms with van der Waals surface area (Å²) in [5, 5.41) is 0. The molecule has 2 aliphatic heterocycles. The Hall–Kier alpha value is -0.150. The maximum absolute atomic E-state index is 3.40. The van der Waals surface area contributed by atoms with Crippen molar-refractivity contribution in [2.75, 3.05) is 11.5 Å². The van der Waals surface area contributed by atoms with Crippen molar-refractivity contribution >= 4 is 11.8 Å². The average Bonchev–Trinajstić information content (AvgIpc) is 2.58. The molecule has 1 atom stereocenters. The summed E-state index contributed by atoms with van der Waals surface area (Å²) < 4.78 is 0. The number of nitrogens with one attached hydrogen (secondary N) is 2. The summed E-state index contributed by atoms with van der Waals surface area (Å²) in [4.78, 5) is 0. The van der Waals surface area contributed by atoms with Gasteiger partial charge in [0.15, 0.2) is 0 Å². The molecule has 0 bridgehead atoms. The lowest BCUT2D eigenvalue weighted by Crippen LogP contribution is -2.32. The molecule has 13 heavy (non-hydrogen) atoms. The van der Waals surface area contributed by atoms with Crippen LogP contribution in [0.15, 0.2) is 11.3 Å². The van der Waals surface area contributed by atoms with Gasteiger partial charge < -0.3 is 5.43 Å².